The van der Waals surface area contributed by atoms with Crippen LogP contribution in [0.15, 0.2) is 0 Å². The van der Waals surface area contributed by atoms with Crippen molar-refractivity contribution >= 4 is 0 Å². The van der Waals surface area contributed by atoms with Crippen LogP contribution in [0.5, 0.6) is 0 Å². The first-order valence-corrected chi connectivity index (χ1v) is 18.0. The second-order valence-corrected chi connectivity index (χ2v) is 14.5. The lowest BCUT2D eigenvalue weighted by atomic mass is 9.81. The molecule has 25 heteroatoms. The monoisotopic (exact) mass is 826 g/mol. The van der Waals surface area contributed by atoms with Gasteiger partial charge in [0.05, 0.1) is 38.6 Å². The van der Waals surface area contributed by atoms with Crippen molar-refractivity contribution in [1.29, 1.82) is 0 Å². The first kappa shape index (κ1) is 46.1. The van der Waals surface area contributed by atoms with Crippen molar-refractivity contribution in [2.24, 2.45) is 5.92 Å². The van der Waals surface area contributed by atoms with Gasteiger partial charge in [0.15, 0.2) is 25.2 Å². The molecule has 25 nitrogen and oxygen atoms in total. The Morgan fingerprint density at radius 1 is 0.375 bits per heavy atom. The Bertz CT molecular complexity index is 1200. The Labute approximate surface area is 317 Å². The molecular formula is C31H54O25. The first-order valence-electron chi connectivity index (χ1n) is 18.0. The van der Waals surface area contributed by atoms with Crippen LogP contribution in [0.25, 0.3) is 0 Å². The van der Waals surface area contributed by atoms with Crippen LogP contribution in [0.4, 0.5) is 0 Å². The first-order chi connectivity index (χ1) is 26.4. The summed E-state index contributed by atoms with van der Waals surface area (Å²) in [5, 5.41) is 176. The van der Waals surface area contributed by atoms with Crippen molar-refractivity contribution in [3.8, 4) is 0 Å². The molecule has 17 N–H and O–H groups in total. The third-order valence-electron chi connectivity index (χ3n) is 10.8. The second kappa shape index (κ2) is 19.6. The van der Waals surface area contributed by atoms with Gasteiger partial charge in [0, 0.05) is 12.5 Å². The lowest BCUT2D eigenvalue weighted by Gasteiger charge is -2.47. The van der Waals surface area contributed by atoms with E-state index in [1.54, 1.807) is 0 Å². The van der Waals surface area contributed by atoms with Crippen molar-refractivity contribution in [3.05, 3.63) is 0 Å². The number of aliphatic hydroxyl groups is 17. The average molecular weight is 827 g/mol. The molecule has 0 radical (unpaired) electrons. The van der Waals surface area contributed by atoms with Gasteiger partial charge in [-0.25, -0.2) is 0 Å². The number of rotatable bonds is 13. The van der Waals surface area contributed by atoms with E-state index in [1.807, 2.05) is 0 Å². The summed E-state index contributed by atoms with van der Waals surface area (Å²) >= 11 is 0. The van der Waals surface area contributed by atoms with Gasteiger partial charge in [0.25, 0.3) is 0 Å². The van der Waals surface area contributed by atoms with Gasteiger partial charge in [-0.3, -0.25) is 0 Å². The molecule has 4 aliphatic heterocycles. The van der Waals surface area contributed by atoms with Gasteiger partial charge < -0.3 is 125 Å². The Hall–Kier alpha value is -1.00. The number of hydrogen-bond donors (Lipinski definition) is 17. The van der Waals surface area contributed by atoms with Gasteiger partial charge >= 0.3 is 0 Å². The minimum Gasteiger partial charge on any atom is -0.396 e. The van der Waals surface area contributed by atoms with Crippen LogP contribution in [0, 0.1) is 5.92 Å². The quantitative estimate of drug-likeness (QED) is 0.0819. The van der Waals surface area contributed by atoms with E-state index in [1.165, 1.54) is 0 Å². The molecule has 328 valence electrons. The normalized spacial score (nSPS) is 53.2. The summed E-state index contributed by atoms with van der Waals surface area (Å²) < 4.78 is 44.3. The zero-order chi connectivity index (χ0) is 41.3. The van der Waals surface area contributed by atoms with Crippen molar-refractivity contribution in [1.82, 2.24) is 0 Å². The smallest absolute Gasteiger partial charge is 0.187 e. The molecule has 0 bridgehead atoms. The fourth-order valence-corrected chi connectivity index (χ4v) is 7.26. The summed E-state index contributed by atoms with van der Waals surface area (Å²) in [6.07, 6.45) is -43.1. The highest BCUT2D eigenvalue weighted by molar-refractivity contribution is 4.98. The van der Waals surface area contributed by atoms with E-state index in [4.69, 9.17) is 37.9 Å². The summed E-state index contributed by atoms with van der Waals surface area (Å²) in [6.45, 7) is -3.76. The van der Waals surface area contributed by atoms with Crippen LogP contribution < -0.4 is 0 Å². The molecule has 0 amide bonds. The van der Waals surface area contributed by atoms with Crippen molar-refractivity contribution in [2.45, 2.75) is 154 Å². The third-order valence-corrected chi connectivity index (χ3v) is 10.8. The van der Waals surface area contributed by atoms with E-state index < -0.39 is 186 Å². The molecule has 25 atom stereocenters. The fourth-order valence-electron chi connectivity index (χ4n) is 7.26. The van der Waals surface area contributed by atoms with Gasteiger partial charge in [-0.1, -0.05) is 0 Å². The van der Waals surface area contributed by atoms with E-state index in [0.29, 0.717) is 0 Å². The molecule has 1 aliphatic carbocycles. The van der Waals surface area contributed by atoms with E-state index in [-0.39, 0.29) is 6.42 Å². The van der Waals surface area contributed by atoms with Gasteiger partial charge in [-0.15, -0.1) is 0 Å². The molecule has 5 aliphatic rings. The number of ether oxygens (including phenoxy) is 8. The summed E-state index contributed by atoms with van der Waals surface area (Å²) in [7, 11) is 0. The molecule has 0 spiro atoms. The van der Waals surface area contributed by atoms with Crippen LogP contribution in [0.2, 0.25) is 0 Å². The Morgan fingerprint density at radius 3 is 1.46 bits per heavy atom. The zero-order valence-corrected chi connectivity index (χ0v) is 29.5. The van der Waals surface area contributed by atoms with Gasteiger partial charge in [0.1, 0.15) is 110 Å². The molecule has 0 aromatic carbocycles. The van der Waals surface area contributed by atoms with Crippen molar-refractivity contribution in [3.63, 3.8) is 0 Å². The van der Waals surface area contributed by atoms with Crippen LogP contribution in [-0.2, 0) is 37.9 Å². The predicted molar refractivity (Wildman–Crippen MR) is 170 cm³/mol. The fraction of sp³-hybridized carbons (Fsp3) is 1.00. The zero-order valence-electron chi connectivity index (χ0n) is 29.5. The lowest BCUT2D eigenvalue weighted by molar-refractivity contribution is -0.373. The molecular weight excluding hydrogens is 772 g/mol. The maximum absolute atomic E-state index is 11.3. The topological polar surface area (TPSA) is 418 Å². The van der Waals surface area contributed by atoms with Gasteiger partial charge in [-0.05, 0) is 6.42 Å². The standard InChI is InChI=1S/C31H54O25/c32-2-7-1-8(14(36)18(40)13(7)35)49-5-12-17(39)27(56-30-23(45)19(41)15(37)9(3-33)52-30)25(47)29(53-12)50-6-11-16(38)20(42)24(46)31(54-11)55-26-10(4-34)51-28(48)22(44)21(26)43/h7-48H,1-6H2/t7-,8+,9+,10-,11-,12-,13-,14+,15+,16-,17-,18+,19-,20+,21-,22-,23+,24-,25-,26-,27+,28+,29+,30?,31-/m1/s1. The molecule has 0 aromatic rings. The van der Waals surface area contributed by atoms with E-state index in [0.717, 1.165) is 0 Å². The highest BCUT2D eigenvalue weighted by atomic mass is 16.8. The minimum absolute atomic E-state index is 0.164. The average Bonchev–Trinajstić information content (AvgIpc) is 3.18. The van der Waals surface area contributed by atoms with Crippen molar-refractivity contribution < 1.29 is 125 Å². The lowest BCUT2D eigenvalue weighted by Crippen LogP contribution is -2.66. The van der Waals surface area contributed by atoms with Crippen LogP contribution in [0.3, 0.4) is 0 Å². The van der Waals surface area contributed by atoms with Crippen LogP contribution in [-0.4, -0.2) is 267 Å². The van der Waals surface area contributed by atoms with Gasteiger partial charge in [0.2, 0.25) is 0 Å². The molecule has 4 heterocycles. The van der Waals surface area contributed by atoms with E-state index >= 15 is 0 Å². The predicted octanol–water partition coefficient (Wildman–Crippen LogP) is -11.3. The minimum atomic E-state index is -2.04. The van der Waals surface area contributed by atoms with E-state index in [9.17, 15) is 86.8 Å². The molecule has 5 rings (SSSR count). The Balaban J connectivity index is 1.32. The third kappa shape index (κ3) is 9.47. The molecule has 1 saturated carbocycles. The molecule has 1 unspecified atom stereocenters. The second-order valence-electron chi connectivity index (χ2n) is 14.5. The maximum atomic E-state index is 11.3. The summed E-state index contributed by atoms with van der Waals surface area (Å²) in [5.41, 5.74) is 0. The summed E-state index contributed by atoms with van der Waals surface area (Å²) in [4.78, 5) is 0. The molecule has 0 aromatic heterocycles. The molecule has 56 heavy (non-hydrogen) atoms. The molecule has 4 saturated heterocycles. The highest BCUT2D eigenvalue weighted by Gasteiger charge is 2.54. The van der Waals surface area contributed by atoms with Gasteiger partial charge in [-0.2, -0.15) is 0 Å². The molecule has 5 fully saturated rings. The van der Waals surface area contributed by atoms with Crippen LogP contribution >= 0.6 is 0 Å². The Morgan fingerprint density at radius 2 is 0.875 bits per heavy atom. The SMILES string of the molecule is OC[C@H]1C[C@H](OC[C@H]2O[C@H](OC[C@H]3O[C@H](O[C@H]4[C@H](O)[C@@H](O)[C@@H](O)O[C@@H]4CO)[C@H](O)[C@@H](O)[C@@H]3O)[C@H](O)[C@@H](OC3O[C@@H](CO)[C@H](O)[C@@H](O)[C@@H]3O)[C@@H]2O)[C@H](O)[C@@H](O)[C@@H]1O. The van der Waals surface area contributed by atoms with E-state index in [2.05, 4.69) is 0 Å². The van der Waals surface area contributed by atoms with Crippen LogP contribution in [0.1, 0.15) is 6.42 Å². The summed E-state index contributed by atoms with van der Waals surface area (Å²) in [6, 6.07) is 0. The summed E-state index contributed by atoms with van der Waals surface area (Å²) in [5.74, 6) is -0.917. The highest BCUT2D eigenvalue weighted by Crippen LogP contribution is 2.34. The van der Waals surface area contributed by atoms with Crippen molar-refractivity contribution in [2.75, 3.05) is 33.0 Å². The number of aliphatic hydroxyl groups excluding tert-OH is 17. The largest absolute Gasteiger partial charge is 0.396 e. The maximum Gasteiger partial charge on any atom is 0.187 e. The Kier molecular flexibility index (Phi) is 16.1. The number of hydrogen-bond acceptors (Lipinski definition) is 25.